The Balaban J connectivity index is 0.000000354. The van der Waals surface area contributed by atoms with Crippen molar-refractivity contribution in [3.8, 4) is 0 Å². The third kappa shape index (κ3) is 4.43. The minimum absolute atomic E-state index is 0.137. The SMILES string of the molecule is O=[N+]([O-])c1ccccc1.OBO. The first-order valence-electron chi connectivity index (χ1n) is 3.13. The Morgan fingerprint density at radius 2 is 1.67 bits per heavy atom. The molecule has 1 rings (SSSR count). The van der Waals surface area contributed by atoms with Gasteiger partial charge in [-0.2, -0.15) is 0 Å². The van der Waals surface area contributed by atoms with Crippen molar-refractivity contribution in [2.45, 2.75) is 0 Å². The molecule has 0 aliphatic heterocycles. The Bertz CT molecular complexity index is 228. The van der Waals surface area contributed by atoms with E-state index in [1.807, 2.05) is 0 Å². The zero-order valence-electron chi connectivity index (χ0n) is 6.25. The lowest BCUT2D eigenvalue weighted by Gasteiger charge is -1.85. The fraction of sp³-hybridized carbons (Fsp3) is 0. The van der Waals surface area contributed by atoms with Gasteiger partial charge in [0.1, 0.15) is 0 Å². The van der Waals surface area contributed by atoms with E-state index in [2.05, 4.69) is 0 Å². The Kier molecular flexibility index (Phi) is 5.59. The van der Waals surface area contributed by atoms with E-state index in [0.717, 1.165) is 0 Å². The first kappa shape index (κ1) is 10.6. The van der Waals surface area contributed by atoms with Gasteiger partial charge in [0, 0.05) is 12.1 Å². The van der Waals surface area contributed by atoms with Gasteiger partial charge < -0.3 is 10.0 Å². The lowest BCUT2D eigenvalue weighted by atomic mass is 10.3. The molecule has 1 aromatic rings. The van der Waals surface area contributed by atoms with Crippen LogP contribution in [-0.4, -0.2) is 22.7 Å². The fourth-order valence-electron chi connectivity index (χ4n) is 0.550. The molecule has 5 nitrogen and oxygen atoms in total. The van der Waals surface area contributed by atoms with E-state index in [-0.39, 0.29) is 5.69 Å². The molecule has 0 fully saturated rings. The summed E-state index contributed by atoms with van der Waals surface area (Å²) in [7, 11) is -0.750. The van der Waals surface area contributed by atoms with Gasteiger partial charge in [0.2, 0.25) is 0 Å². The quantitative estimate of drug-likeness (QED) is 0.347. The van der Waals surface area contributed by atoms with Crippen LogP contribution < -0.4 is 0 Å². The number of nitro groups is 1. The van der Waals surface area contributed by atoms with Crippen LogP contribution in [0.5, 0.6) is 0 Å². The zero-order chi connectivity index (χ0) is 9.40. The predicted molar refractivity (Wildman–Crippen MR) is 44.7 cm³/mol. The second kappa shape index (κ2) is 6.32. The second-order valence-electron chi connectivity index (χ2n) is 1.73. The lowest BCUT2D eigenvalue weighted by Crippen LogP contribution is -1.84. The number of non-ortho nitro benzene ring substituents is 1. The molecule has 0 atom stereocenters. The first-order chi connectivity index (χ1) is 5.72. The Morgan fingerprint density at radius 1 is 1.25 bits per heavy atom. The van der Waals surface area contributed by atoms with E-state index in [1.54, 1.807) is 18.2 Å². The molecule has 0 saturated heterocycles. The number of benzene rings is 1. The smallest absolute Gasteiger partial charge is 0.430 e. The minimum atomic E-state index is -0.750. The van der Waals surface area contributed by atoms with E-state index >= 15 is 0 Å². The summed E-state index contributed by atoms with van der Waals surface area (Å²) in [6.45, 7) is 0. The van der Waals surface area contributed by atoms with Crippen LogP contribution in [0.15, 0.2) is 30.3 Å². The molecule has 0 heterocycles. The topological polar surface area (TPSA) is 83.6 Å². The van der Waals surface area contributed by atoms with Gasteiger partial charge in [-0.1, -0.05) is 18.2 Å². The summed E-state index contributed by atoms with van der Waals surface area (Å²) >= 11 is 0. The van der Waals surface area contributed by atoms with Crippen LogP contribution >= 0.6 is 0 Å². The molecule has 12 heavy (non-hydrogen) atoms. The van der Waals surface area contributed by atoms with Crippen molar-refractivity contribution in [2.24, 2.45) is 0 Å². The first-order valence-corrected chi connectivity index (χ1v) is 3.13. The van der Waals surface area contributed by atoms with Gasteiger partial charge >= 0.3 is 7.69 Å². The summed E-state index contributed by atoms with van der Waals surface area (Å²) in [4.78, 5) is 9.59. The minimum Gasteiger partial charge on any atom is -0.430 e. The maximum atomic E-state index is 10.0. The Morgan fingerprint density at radius 3 is 1.92 bits per heavy atom. The van der Waals surface area contributed by atoms with Gasteiger partial charge in [0.05, 0.1) is 4.92 Å². The van der Waals surface area contributed by atoms with Gasteiger partial charge in [-0.15, -0.1) is 0 Å². The van der Waals surface area contributed by atoms with Crippen LogP contribution in [-0.2, 0) is 0 Å². The average molecular weight is 169 g/mol. The van der Waals surface area contributed by atoms with Crippen LogP contribution in [0.3, 0.4) is 0 Å². The van der Waals surface area contributed by atoms with E-state index in [1.165, 1.54) is 12.1 Å². The predicted octanol–water partition coefficient (Wildman–Crippen LogP) is -0.168. The number of nitrogens with zero attached hydrogens (tertiary/aromatic N) is 1. The third-order valence-electron chi connectivity index (χ3n) is 0.967. The van der Waals surface area contributed by atoms with Crippen molar-refractivity contribution >= 4 is 13.4 Å². The normalized spacial score (nSPS) is 7.83. The van der Waals surface area contributed by atoms with Crippen LogP contribution in [0.2, 0.25) is 0 Å². The van der Waals surface area contributed by atoms with Crippen LogP contribution in [0.25, 0.3) is 0 Å². The molecule has 0 saturated carbocycles. The molecule has 0 radical (unpaired) electrons. The highest BCUT2D eigenvalue weighted by Crippen LogP contribution is 2.06. The number of hydrogen-bond acceptors (Lipinski definition) is 4. The Hall–Kier alpha value is -1.40. The van der Waals surface area contributed by atoms with Crippen LogP contribution in [0.1, 0.15) is 0 Å². The highest BCUT2D eigenvalue weighted by molar-refractivity contribution is 6.13. The molecule has 0 bridgehead atoms. The van der Waals surface area contributed by atoms with Crippen LogP contribution in [0.4, 0.5) is 5.69 Å². The van der Waals surface area contributed by atoms with Gasteiger partial charge in [0.25, 0.3) is 5.69 Å². The highest BCUT2D eigenvalue weighted by Gasteiger charge is 1.98. The lowest BCUT2D eigenvalue weighted by molar-refractivity contribution is -0.384. The number of para-hydroxylation sites is 1. The molecule has 2 N–H and O–H groups in total. The molecule has 6 heteroatoms. The number of nitro benzene ring substituents is 1. The summed E-state index contributed by atoms with van der Waals surface area (Å²) < 4.78 is 0. The third-order valence-corrected chi connectivity index (χ3v) is 0.967. The monoisotopic (exact) mass is 169 g/mol. The van der Waals surface area contributed by atoms with Crippen molar-refractivity contribution in [3.05, 3.63) is 40.4 Å². The molecule has 0 unspecified atom stereocenters. The maximum absolute atomic E-state index is 10.0. The zero-order valence-corrected chi connectivity index (χ0v) is 6.25. The van der Waals surface area contributed by atoms with Crippen LogP contribution in [0, 0.1) is 10.1 Å². The van der Waals surface area contributed by atoms with E-state index < -0.39 is 12.6 Å². The van der Waals surface area contributed by atoms with E-state index in [0.29, 0.717) is 0 Å². The number of rotatable bonds is 1. The molecule has 64 valence electrons. The van der Waals surface area contributed by atoms with Crippen molar-refractivity contribution in [1.29, 1.82) is 0 Å². The van der Waals surface area contributed by atoms with Crippen molar-refractivity contribution < 1.29 is 15.0 Å². The molecule has 0 aliphatic rings. The molecular weight excluding hydrogens is 161 g/mol. The van der Waals surface area contributed by atoms with E-state index in [4.69, 9.17) is 10.0 Å². The standard InChI is InChI=1S/C6H5NO2.BH3O2/c8-7(9)6-4-2-1-3-5-6;2-1-3/h1-5H;1-3H. The molecule has 0 aliphatic carbocycles. The molecular formula is C6H8BNO4. The molecule has 0 aromatic heterocycles. The van der Waals surface area contributed by atoms with Crippen molar-refractivity contribution in [2.75, 3.05) is 0 Å². The molecule has 0 amide bonds. The summed E-state index contributed by atoms with van der Waals surface area (Å²) in [5.74, 6) is 0. The molecule has 0 spiro atoms. The van der Waals surface area contributed by atoms with Gasteiger partial charge in [-0.3, -0.25) is 10.1 Å². The summed E-state index contributed by atoms with van der Waals surface area (Å²) in [6, 6.07) is 7.93. The van der Waals surface area contributed by atoms with Crippen molar-refractivity contribution in [3.63, 3.8) is 0 Å². The highest BCUT2D eigenvalue weighted by atomic mass is 16.6. The summed E-state index contributed by atoms with van der Waals surface area (Å²) in [5, 5.41) is 24.3. The summed E-state index contributed by atoms with van der Waals surface area (Å²) in [6.07, 6.45) is 0. The summed E-state index contributed by atoms with van der Waals surface area (Å²) in [5.41, 5.74) is 0.137. The second-order valence-corrected chi connectivity index (χ2v) is 1.73. The van der Waals surface area contributed by atoms with E-state index in [9.17, 15) is 10.1 Å². The average Bonchev–Trinajstić information content (AvgIpc) is 2.07. The largest absolute Gasteiger partial charge is 0.432 e. The van der Waals surface area contributed by atoms with Gasteiger partial charge in [0.15, 0.2) is 0 Å². The maximum Gasteiger partial charge on any atom is 0.432 e. The van der Waals surface area contributed by atoms with Gasteiger partial charge in [-0.25, -0.2) is 0 Å². The Labute approximate surface area is 69.7 Å². The number of hydrogen-bond donors (Lipinski definition) is 2. The molecule has 1 aromatic carbocycles. The van der Waals surface area contributed by atoms with Crippen molar-refractivity contribution in [1.82, 2.24) is 0 Å². The van der Waals surface area contributed by atoms with Gasteiger partial charge in [-0.05, 0) is 0 Å². The fourth-order valence-corrected chi connectivity index (χ4v) is 0.550.